The molecule has 0 radical (unpaired) electrons. The molecule has 6 heteroatoms. The molecule has 0 aromatic carbocycles. The van der Waals surface area contributed by atoms with Crippen LogP contribution in [0.5, 0.6) is 0 Å². The van der Waals surface area contributed by atoms with E-state index in [2.05, 4.69) is 10.2 Å². The fourth-order valence-electron chi connectivity index (χ4n) is 1.03. The first-order chi connectivity index (χ1) is 6.49. The van der Waals surface area contributed by atoms with Gasteiger partial charge >= 0.3 is 0 Å². The van der Waals surface area contributed by atoms with E-state index in [9.17, 15) is 8.42 Å². The van der Waals surface area contributed by atoms with Gasteiger partial charge in [-0.1, -0.05) is 0 Å². The molecule has 0 bridgehead atoms. The summed E-state index contributed by atoms with van der Waals surface area (Å²) in [5.41, 5.74) is 6.58. The predicted octanol–water partition coefficient (Wildman–Crippen LogP) is -0.0889. The lowest BCUT2D eigenvalue weighted by Gasteiger charge is -2.09. The van der Waals surface area contributed by atoms with Crippen LogP contribution < -0.4 is 5.73 Å². The van der Waals surface area contributed by atoms with Crippen LogP contribution in [-0.4, -0.2) is 30.6 Å². The van der Waals surface area contributed by atoms with Crippen LogP contribution in [-0.2, 0) is 9.84 Å². The number of nitrogens with zero attached hydrogens (tertiary/aromatic N) is 2. The summed E-state index contributed by atoms with van der Waals surface area (Å²) in [6.07, 6.45) is 4.69. The van der Waals surface area contributed by atoms with Crippen molar-refractivity contribution in [2.45, 2.75) is 12.5 Å². The van der Waals surface area contributed by atoms with Gasteiger partial charge in [0.2, 0.25) is 0 Å². The lowest BCUT2D eigenvalue weighted by molar-refractivity contribution is 0.591. The van der Waals surface area contributed by atoms with E-state index in [1.165, 1.54) is 12.5 Å². The highest BCUT2D eigenvalue weighted by Gasteiger charge is 2.09. The van der Waals surface area contributed by atoms with Gasteiger partial charge in [-0.2, -0.15) is 10.2 Å². The van der Waals surface area contributed by atoms with Crippen LogP contribution in [0.15, 0.2) is 18.5 Å². The number of rotatable bonds is 4. The molecule has 1 heterocycles. The average Bonchev–Trinajstić information content (AvgIpc) is 2.14. The minimum absolute atomic E-state index is 0.0937. The highest BCUT2D eigenvalue weighted by atomic mass is 32.2. The van der Waals surface area contributed by atoms with Crippen LogP contribution in [0.4, 0.5) is 0 Å². The third-order valence-electron chi connectivity index (χ3n) is 1.83. The minimum Gasteiger partial charge on any atom is -0.324 e. The van der Waals surface area contributed by atoms with Crippen LogP contribution in [0.25, 0.3) is 0 Å². The Kier molecular flexibility index (Phi) is 3.54. The maximum absolute atomic E-state index is 10.9. The summed E-state index contributed by atoms with van der Waals surface area (Å²) in [4.78, 5) is 0. The Morgan fingerprint density at radius 1 is 1.50 bits per heavy atom. The Morgan fingerprint density at radius 3 is 2.71 bits per heavy atom. The zero-order valence-electron chi connectivity index (χ0n) is 7.92. The first-order valence-electron chi connectivity index (χ1n) is 4.19. The predicted molar refractivity (Wildman–Crippen MR) is 53.3 cm³/mol. The molecular formula is C8H13N3O2S. The van der Waals surface area contributed by atoms with E-state index in [0.717, 1.165) is 5.56 Å². The van der Waals surface area contributed by atoms with E-state index in [4.69, 9.17) is 5.73 Å². The molecule has 1 unspecified atom stereocenters. The fraction of sp³-hybridized carbons (Fsp3) is 0.500. The first kappa shape index (κ1) is 11.1. The molecule has 0 amide bonds. The Bertz CT molecular complexity index is 377. The van der Waals surface area contributed by atoms with E-state index in [1.54, 1.807) is 12.3 Å². The largest absolute Gasteiger partial charge is 0.324 e. The maximum Gasteiger partial charge on any atom is 0.147 e. The Balaban J connectivity index is 2.56. The third-order valence-corrected chi connectivity index (χ3v) is 2.81. The number of sulfone groups is 1. The highest BCUT2D eigenvalue weighted by molar-refractivity contribution is 7.90. The highest BCUT2D eigenvalue weighted by Crippen LogP contribution is 2.12. The van der Waals surface area contributed by atoms with E-state index in [-0.39, 0.29) is 11.8 Å². The fourth-order valence-corrected chi connectivity index (χ4v) is 1.71. The quantitative estimate of drug-likeness (QED) is 0.758. The molecule has 0 aliphatic carbocycles. The smallest absolute Gasteiger partial charge is 0.147 e. The summed E-state index contributed by atoms with van der Waals surface area (Å²) in [5, 5.41) is 7.28. The number of nitrogens with two attached hydrogens (primary N) is 1. The molecule has 0 aliphatic heterocycles. The van der Waals surface area contributed by atoms with Gasteiger partial charge in [-0.15, -0.1) is 0 Å². The summed E-state index contributed by atoms with van der Waals surface area (Å²) >= 11 is 0. The second-order valence-corrected chi connectivity index (χ2v) is 5.46. The second kappa shape index (κ2) is 4.47. The maximum atomic E-state index is 10.9. The van der Waals surface area contributed by atoms with Crippen molar-refractivity contribution in [2.75, 3.05) is 12.0 Å². The van der Waals surface area contributed by atoms with Gasteiger partial charge < -0.3 is 5.73 Å². The van der Waals surface area contributed by atoms with Gasteiger partial charge in [0.1, 0.15) is 9.84 Å². The summed E-state index contributed by atoms with van der Waals surface area (Å²) in [6.45, 7) is 0. The lowest BCUT2D eigenvalue weighted by Crippen LogP contribution is -2.15. The second-order valence-electron chi connectivity index (χ2n) is 3.20. The Labute approximate surface area is 83.3 Å². The lowest BCUT2D eigenvalue weighted by atomic mass is 10.1. The third kappa shape index (κ3) is 3.80. The summed E-state index contributed by atoms with van der Waals surface area (Å²) < 4.78 is 21.8. The van der Waals surface area contributed by atoms with E-state index >= 15 is 0 Å². The van der Waals surface area contributed by atoms with Gasteiger partial charge in [0.15, 0.2) is 0 Å². The Morgan fingerprint density at radius 2 is 2.21 bits per heavy atom. The zero-order chi connectivity index (χ0) is 10.6. The van der Waals surface area contributed by atoms with Crippen LogP contribution >= 0.6 is 0 Å². The molecule has 1 atom stereocenters. The molecular weight excluding hydrogens is 202 g/mol. The van der Waals surface area contributed by atoms with Crippen LogP contribution in [0.3, 0.4) is 0 Å². The summed E-state index contributed by atoms with van der Waals surface area (Å²) in [6, 6.07) is 1.44. The van der Waals surface area contributed by atoms with Crippen molar-refractivity contribution in [1.82, 2.24) is 10.2 Å². The van der Waals surface area contributed by atoms with E-state index in [0.29, 0.717) is 6.42 Å². The molecule has 0 fully saturated rings. The molecule has 0 spiro atoms. The van der Waals surface area contributed by atoms with Gasteiger partial charge in [-0.05, 0) is 18.1 Å². The molecule has 1 rings (SSSR count). The molecule has 1 aromatic heterocycles. The number of aromatic nitrogens is 2. The molecule has 5 nitrogen and oxygen atoms in total. The van der Waals surface area contributed by atoms with Crippen molar-refractivity contribution < 1.29 is 8.42 Å². The van der Waals surface area contributed by atoms with Crippen molar-refractivity contribution in [3.63, 3.8) is 0 Å². The van der Waals surface area contributed by atoms with Crippen LogP contribution in [0, 0.1) is 0 Å². The van der Waals surface area contributed by atoms with Gasteiger partial charge in [-0.3, -0.25) is 0 Å². The van der Waals surface area contributed by atoms with Crippen molar-refractivity contribution >= 4 is 9.84 Å². The van der Waals surface area contributed by atoms with Gasteiger partial charge in [0.05, 0.1) is 11.9 Å². The van der Waals surface area contributed by atoms with Crippen molar-refractivity contribution in [3.05, 3.63) is 24.0 Å². The monoisotopic (exact) mass is 215 g/mol. The summed E-state index contributed by atoms with van der Waals surface area (Å²) in [7, 11) is -2.94. The van der Waals surface area contributed by atoms with Gasteiger partial charge in [-0.25, -0.2) is 8.42 Å². The average molecular weight is 215 g/mol. The van der Waals surface area contributed by atoms with E-state index in [1.807, 2.05) is 0 Å². The van der Waals surface area contributed by atoms with Crippen LogP contribution in [0.1, 0.15) is 18.0 Å². The van der Waals surface area contributed by atoms with E-state index < -0.39 is 9.84 Å². The van der Waals surface area contributed by atoms with Crippen molar-refractivity contribution in [1.29, 1.82) is 0 Å². The normalized spacial score (nSPS) is 13.9. The SMILES string of the molecule is CS(=O)(=O)CCC(N)c1ccnnc1. The molecule has 2 N–H and O–H groups in total. The van der Waals surface area contributed by atoms with Gasteiger partial charge in [0.25, 0.3) is 0 Å². The molecule has 78 valence electrons. The molecule has 0 saturated heterocycles. The number of hydrogen-bond donors (Lipinski definition) is 1. The van der Waals surface area contributed by atoms with Crippen molar-refractivity contribution in [3.8, 4) is 0 Å². The topological polar surface area (TPSA) is 85.9 Å². The van der Waals surface area contributed by atoms with Crippen LogP contribution in [0.2, 0.25) is 0 Å². The zero-order valence-corrected chi connectivity index (χ0v) is 8.74. The summed E-state index contributed by atoms with van der Waals surface area (Å²) in [5.74, 6) is 0.0937. The number of hydrogen-bond acceptors (Lipinski definition) is 5. The minimum atomic E-state index is -2.94. The van der Waals surface area contributed by atoms with Gasteiger partial charge in [0, 0.05) is 18.5 Å². The standard InChI is InChI=1S/C8H13N3O2S/c1-14(12,13)5-3-8(9)7-2-4-10-11-6-7/h2,4,6,8H,3,5,9H2,1H3. The van der Waals surface area contributed by atoms with Crippen molar-refractivity contribution in [2.24, 2.45) is 5.73 Å². The Hall–Kier alpha value is -1.01. The molecule has 0 saturated carbocycles. The first-order valence-corrected chi connectivity index (χ1v) is 6.25. The molecule has 14 heavy (non-hydrogen) atoms. The molecule has 1 aromatic rings. The molecule has 0 aliphatic rings.